The molecule has 0 aliphatic rings. The van der Waals surface area contributed by atoms with Crippen LogP contribution in [0.2, 0.25) is 0 Å². The molecule has 0 amide bonds. The molecule has 0 aliphatic carbocycles. The van der Waals surface area contributed by atoms with E-state index in [1.54, 1.807) is 6.07 Å². The van der Waals surface area contributed by atoms with Gasteiger partial charge in [-0.05, 0) is 28.1 Å². The van der Waals surface area contributed by atoms with Crippen LogP contribution >= 0.6 is 15.9 Å². The summed E-state index contributed by atoms with van der Waals surface area (Å²) in [6.45, 7) is 0. The van der Waals surface area contributed by atoms with Crippen molar-refractivity contribution in [3.63, 3.8) is 0 Å². The van der Waals surface area contributed by atoms with Crippen LogP contribution in [0.1, 0.15) is 0 Å². The SMILES string of the molecule is Nc1nc(Oc2ccccc2F)c(Br)c(=O)[nH]1. The molecular weight excluding hydrogens is 293 g/mol. The second-order valence-electron chi connectivity index (χ2n) is 3.10. The molecule has 17 heavy (non-hydrogen) atoms. The van der Waals surface area contributed by atoms with E-state index < -0.39 is 11.4 Å². The fourth-order valence-electron chi connectivity index (χ4n) is 1.15. The van der Waals surface area contributed by atoms with Gasteiger partial charge < -0.3 is 10.5 Å². The summed E-state index contributed by atoms with van der Waals surface area (Å²) in [7, 11) is 0. The Labute approximate surface area is 104 Å². The molecule has 5 nitrogen and oxygen atoms in total. The highest BCUT2D eigenvalue weighted by molar-refractivity contribution is 9.10. The van der Waals surface area contributed by atoms with Gasteiger partial charge in [-0.3, -0.25) is 9.78 Å². The zero-order valence-electron chi connectivity index (χ0n) is 8.41. The number of para-hydroxylation sites is 1. The molecule has 7 heteroatoms. The molecule has 88 valence electrons. The number of nitrogen functional groups attached to an aromatic ring is 1. The molecule has 0 radical (unpaired) electrons. The highest BCUT2D eigenvalue weighted by atomic mass is 79.9. The lowest BCUT2D eigenvalue weighted by Gasteiger charge is -2.07. The summed E-state index contributed by atoms with van der Waals surface area (Å²) in [6.07, 6.45) is 0. The Hall–Kier alpha value is -1.89. The van der Waals surface area contributed by atoms with Crippen LogP contribution in [-0.4, -0.2) is 9.97 Å². The first kappa shape index (κ1) is 11.6. The second kappa shape index (κ2) is 4.54. The maximum absolute atomic E-state index is 13.3. The average Bonchev–Trinajstić information content (AvgIpc) is 2.28. The fourth-order valence-corrected chi connectivity index (χ4v) is 1.42. The summed E-state index contributed by atoms with van der Waals surface area (Å²) in [4.78, 5) is 17.4. The average molecular weight is 300 g/mol. The zero-order valence-corrected chi connectivity index (χ0v) is 9.99. The van der Waals surface area contributed by atoms with Crippen LogP contribution in [0, 0.1) is 5.82 Å². The number of halogens is 2. The van der Waals surface area contributed by atoms with Gasteiger partial charge in [-0.15, -0.1) is 0 Å². The third kappa shape index (κ3) is 2.44. The Morgan fingerprint density at radius 2 is 2.12 bits per heavy atom. The van der Waals surface area contributed by atoms with Gasteiger partial charge in [0.2, 0.25) is 11.8 Å². The monoisotopic (exact) mass is 299 g/mol. The van der Waals surface area contributed by atoms with Crippen LogP contribution in [0.25, 0.3) is 0 Å². The maximum Gasteiger partial charge on any atom is 0.270 e. The largest absolute Gasteiger partial charge is 0.434 e. The molecule has 1 heterocycles. The zero-order chi connectivity index (χ0) is 12.4. The molecule has 1 aromatic heterocycles. The lowest BCUT2D eigenvalue weighted by Crippen LogP contribution is -2.13. The van der Waals surface area contributed by atoms with Gasteiger partial charge in [0.15, 0.2) is 11.6 Å². The summed E-state index contributed by atoms with van der Waals surface area (Å²) in [5.41, 5.74) is 4.86. The number of aromatic amines is 1. The Kier molecular flexibility index (Phi) is 3.10. The summed E-state index contributed by atoms with van der Waals surface area (Å²) in [6, 6.07) is 5.78. The molecule has 0 aliphatic heterocycles. The molecule has 0 unspecified atom stereocenters. The van der Waals surface area contributed by atoms with Crippen molar-refractivity contribution in [2.75, 3.05) is 5.73 Å². The van der Waals surface area contributed by atoms with Crippen LogP contribution < -0.4 is 16.0 Å². The minimum absolute atomic E-state index is 0.0364. The van der Waals surface area contributed by atoms with E-state index in [9.17, 15) is 9.18 Å². The number of nitrogens with two attached hydrogens (primary N) is 1. The van der Waals surface area contributed by atoms with E-state index in [-0.39, 0.29) is 22.1 Å². The fraction of sp³-hybridized carbons (Fsp3) is 0. The lowest BCUT2D eigenvalue weighted by molar-refractivity contribution is 0.424. The van der Waals surface area contributed by atoms with E-state index in [2.05, 4.69) is 25.9 Å². The first-order valence-corrected chi connectivity index (χ1v) is 5.35. The minimum Gasteiger partial charge on any atom is -0.434 e. The van der Waals surface area contributed by atoms with E-state index in [1.165, 1.54) is 18.2 Å². The molecule has 1 aromatic carbocycles. The Morgan fingerprint density at radius 1 is 1.41 bits per heavy atom. The maximum atomic E-state index is 13.3. The van der Waals surface area contributed by atoms with Gasteiger partial charge in [0.05, 0.1) is 0 Å². The first-order valence-electron chi connectivity index (χ1n) is 4.55. The normalized spacial score (nSPS) is 10.2. The number of ether oxygens (including phenoxy) is 1. The standard InChI is InChI=1S/C10H7BrFN3O2/c11-7-8(16)14-10(13)15-9(7)17-6-4-2-1-3-5(6)12/h1-4H,(H3,13,14,15,16). The van der Waals surface area contributed by atoms with E-state index in [0.29, 0.717) is 0 Å². The van der Waals surface area contributed by atoms with Crippen LogP contribution in [-0.2, 0) is 0 Å². The Morgan fingerprint density at radius 3 is 2.82 bits per heavy atom. The molecule has 0 spiro atoms. The van der Waals surface area contributed by atoms with Crippen molar-refractivity contribution in [3.05, 3.63) is 44.9 Å². The van der Waals surface area contributed by atoms with Crippen molar-refractivity contribution < 1.29 is 9.13 Å². The molecule has 2 aromatic rings. The number of rotatable bonds is 2. The number of hydrogen-bond acceptors (Lipinski definition) is 4. The lowest BCUT2D eigenvalue weighted by atomic mass is 10.3. The molecule has 0 saturated heterocycles. The molecule has 3 N–H and O–H groups in total. The smallest absolute Gasteiger partial charge is 0.270 e. The minimum atomic E-state index is -0.556. The van der Waals surface area contributed by atoms with E-state index >= 15 is 0 Å². The van der Waals surface area contributed by atoms with Crippen molar-refractivity contribution in [2.45, 2.75) is 0 Å². The number of nitrogens with one attached hydrogen (secondary N) is 1. The number of aromatic nitrogens is 2. The van der Waals surface area contributed by atoms with Crippen molar-refractivity contribution in [1.82, 2.24) is 9.97 Å². The third-order valence-corrected chi connectivity index (χ3v) is 2.59. The number of hydrogen-bond donors (Lipinski definition) is 2. The molecule has 2 rings (SSSR count). The molecular formula is C10H7BrFN3O2. The molecule has 0 fully saturated rings. The summed E-state index contributed by atoms with van der Waals surface area (Å²) in [5, 5.41) is 0. The van der Waals surface area contributed by atoms with Crippen LogP contribution in [0.3, 0.4) is 0 Å². The molecule has 0 bridgehead atoms. The van der Waals surface area contributed by atoms with Gasteiger partial charge in [-0.2, -0.15) is 4.98 Å². The molecule has 0 atom stereocenters. The van der Waals surface area contributed by atoms with Gasteiger partial charge in [0.1, 0.15) is 4.47 Å². The highest BCUT2D eigenvalue weighted by Crippen LogP contribution is 2.26. The number of H-pyrrole nitrogens is 1. The van der Waals surface area contributed by atoms with Crippen LogP contribution in [0.5, 0.6) is 11.6 Å². The van der Waals surface area contributed by atoms with Gasteiger partial charge in [0.25, 0.3) is 5.56 Å². The van der Waals surface area contributed by atoms with Gasteiger partial charge in [-0.25, -0.2) is 4.39 Å². The van der Waals surface area contributed by atoms with Crippen molar-refractivity contribution >= 4 is 21.9 Å². The second-order valence-corrected chi connectivity index (χ2v) is 3.90. The number of anilines is 1. The van der Waals surface area contributed by atoms with Crippen molar-refractivity contribution in [3.8, 4) is 11.6 Å². The van der Waals surface area contributed by atoms with Crippen LogP contribution in [0.4, 0.5) is 10.3 Å². The highest BCUT2D eigenvalue weighted by Gasteiger charge is 2.12. The summed E-state index contributed by atoms with van der Waals surface area (Å²) < 4.78 is 18.5. The van der Waals surface area contributed by atoms with Crippen molar-refractivity contribution in [2.24, 2.45) is 0 Å². The van der Waals surface area contributed by atoms with E-state index in [4.69, 9.17) is 10.5 Å². The Bertz CT molecular complexity index is 615. The quantitative estimate of drug-likeness (QED) is 0.889. The predicted octanol–water partition coefficient (Wildman–Crippen LogP) is 2.05. The van der Waals surface area contributed by atoms with E-state index in [0.717, 1.165) is 0 Å². The third-order valence-electron chi connectivity index (χ3n) is 1.89. The predicted molar refractivity (Wildman–Crippen MR) is 63.4 cm³/mol. The Balaban J connectivity index is 2.44. The summed E-state index contributed by atoms with van der Waals surface area (Å²) >= 11 is 2.99. The van der Waals surface area contributed by atoms with Crippen molar-refractivity contribution in [1.29, 1.82) is 0 Å². The first-order chi connectivity index (χ1) is 8.08. The van der Waals surface area contributed by atoms with E-state index in [1.807, 2.05) is 0 Å². The van der Waals surface area contributed by atoms with Gasteiger partial charge >= 0.3 is 0 Å². The number of benzene rings is 1. The van der Waals surface area contributed by atoms with Gasteiger partial charge in [-0.1, -0.05) is 12.1 Å². The van der Waals surface area contributed by atoms with Gasteiger partial charge in [0, 0.05) is 0 Å². The molecule has 0 saturated carbocycles. The topological polar surface area (TPSA) is 81.0 Å². The van der Waals surface area contributed by atoms with Crippen LogP contribution in [0.15, 0.2) is 33.5 Å². The number of nitrogens with zero attached hydrogens (tertiary/aromatic N) is 1. The summed E-state index contributed by atoms with van der Waals surface area (Å²) in [5.74, 6) is -0.786.